The molecule has 0 unspecified atom stereocenters. The van der Waals surface area contributed by atoms with E-state index in [-0.39, 0.29) is 12.1 Å². The number of nitrogens with zero attached hydrogens (tertiary/aromatic N) is 1. The van der Waals surface area contributed by atoms with Crippen molar-refractivity contribution in [2.24, 2.45) is 0 Å². The molecule has 1 aromatic rings. The van der Waals surface area contributed by atoms with Gasteiger partial charge < -0.3 is 10.2 Å². The number of hydrogen-bond donors (Lipinski definition) is 2. The molecule has 1 aliphatic rings. The summed E-state index contributed by atoms with van der Waals surface area (Å²) in [6.07, 6.45) is 5.90. The van der Waals surface area contributed by atoms with E-state index in [4.69, 9.17) is 0 Å². The van der Waals surface area contributed by atoms with Gasteiger partial charge in [-0.15, -0.1) is 6.58 Å². The average Bonchev–Trinajstić information content (AvgIpc) is 2.64. The van der Waals surface area contributed by atoms with Gasteiger partial charge in [0.15, 0.2) is 0 Å². The number of piperidine rings is 1. The average molecular weight is 383 g/mol. The third kappa shape index (κ3) is 5.89. The summed E-state index contributed by atoms with van der Waals surface area (Å²) in [4.78, 5) is 14.1. The molecule has 2 rings (SSSR count). The van der Waals surface area contributed by atoms with Crippen LogP contribution in [0, 0.1) is 5.82 Å². The number of carbonyl (C=O) groups is 1. The highest BCUT2D eigenvalue weighted by Gasteiger charge is 2.20. The third-order valence-electron chi connectivity index (χ3n) is 4.29. The van der Waals surface area contributed by atoms with Gasteiger partial charge in [-0.3, -0.25) is 4.79 Å². The summed E-state index contributed by atoms with van der Waals surface area (Å²) >= 11 is 0. The Morgan fingerprint density at radius 3 is 2.69 bits per heavy atom. The molecule has 0 atom stereocenters. The Bertz CT molecular complexity index is 731. The topological polar surface area (TPSA) is 78.5 Å². The van der Waals surface area contributed by atoms with Crippen LogP contribution in [0.15, 0.2) is 35.7 Å². The van der Waals surface area contributed by atoms with Crippen LogP contribution in [0.2, 0.25) is 0 Å². The van der Waals surface area contributed by atoms with Gasteiger partial charge in [0.25, 0.3) is 5.91 Å². The molecule has 6 nitrogen and oxygen atoms in total. The van der Waals surface area contributed by atoms with E-state index in [9.17, 15) is 17.6 Å². The van der Waals surface area contributed by atoms with Gasteiger partial charge in [0, 0.05) is 18.7 Å². The minimum atomic E-state index is -4.03. The molecule has 0 saturated carbocycles. The molecule has 0 radical (unpaired) electrons. The Kier molecular flexibility index (Phi) is 7.74. The Morgan fingerprint density at radius 2 is 2.00 bits per heavy atom. The summed E-state index contributed by atoms with van der Waals surface area (Å²) in [7, 11) is -4.03. The van der Waals surface area contributed by atoms with Gasteiger partial charge in [0.1, 0.15) is 10.7 Å². The highest BCUT2D eigenvalue weighted by molar-refractivity contribution is 7.89. The predicted molar refractivity (Wildman–Crippen MR) is 99.0 cm³/mol. The van der Waals surface area contributed by atoms with Gasteiger partial charge in [-0.05, 0) is 57.1 Å². The van der Waals surface area contributed by atoms with Crippen LogP contribution in [0.4, 0.5) is 4.39 Å². The lowest BCUT2D eigenvalue weighted by Gasteiger charge is -2.26. The van der Waals surface area contributed by atoms with Crippen LogP contribution in [-0.2, 0) is 10.0 Å². The minimum Gasteiger partial charge on any atom is -0.352 e. The smallest absolute Gasteiger partial charge is 0.251 e. The van der Waals surface area contributed by atoms with Crippen LogP contribution in [-0.4, -0.2) is 51.9 Å². The standard InChI is InChI=1S/C18H26FN3O3S/c1-2-9-21-26(24,25)17-14-15(7-8-16(17)19)18(23)20-10-6-13-22-11-4-3-5-12-22/h2,7-8,14,21H,1,3-6,9-13H2,(H,20,23). The molecule has 1 saturated heterocycles. The van der Waals surface area contributed by atoms with Crippen molar-refractivity contribution < 1.29 is 17.6 Å². The van der Waals surface area contributed by atoms with Crippen LogP contribution in [0.5, 0.6) is 0 Å². The summed E-state index contributed by atoms with van der Waals surface area (Å²) in [5.74, 6) is -1.31. The monoisotopic (exact) mass is 383 g/mol. The van der Waals surface area contributed by atoms with Crippen molar-refractivity contribution >= 4 is 15.9 Å². The highest BCUT2D eigenvalue weighted by Crippen LogP contribution is 2.16. The number of hydrogen-bond acceptors (Lipinski definition) is 4. The zero-order chi connectivity index (χ0) is 19.0. The van der Waals surface area contributed by atoms with Gasteiger partial charge >= 0.3 is 0 Å². The van der Waals surface area contributed by atoms with Crippen molar-refractivity contribution in [2.75, 3.05) is 32.7 Å². The van der Waals surface area contributed by atoms with E-state index in [1.165, 1.54) is 31.4 Å². The molecule has 1 amide bonds. The van der Waals surface area contributed by atoms with E-state index in [1.54, 1.807) is 0 Å². The van der Waals surface area contributed by atoms with Crippen LogP contribution < -0.4 is 10.0 Å². The summed E-state index contributed by atoms with van der Waals surface area (Å²) < 4.78 is 40.3. The Balaban J connectivity index is 1.92. The lowest BCUT2D eigenvalue weighted by atomic mass is 10.1. The maximum Gasteiger partial charge on any atom is 0.251 e. The first-order valence-corrected chi connectivity index (χ1v) is 10.3. The quantitative estimate of drug-likeness (QED) is 0.504. The number of sulfonamides is 1. The third-order valence-corrected chi connectivity index (χ3v) is 5.72. The fourth-order valence-electron chi connectivity index (χ4n) is 2.89. The molecule has 0 bridgehead atoms. The molecule has 1 aliphatic heterocycles. The number of halogens is 1. The number of likely N-dealkylation sites (tertiary alicyclic amines) is 1. The normalized spacial score (nSPS) is 15.6. The second-order valence-corrected chi connectivity index (χ2v) is 8.03. The van der Waals surface area contributed by atoms with Crippen molar-refractivity contribution in [2.45, 2.75) is 30.6 Å². The molecule has 8 heteroatoms. The molecule has 0 spiro atoms. The molecule has 1 fully saturated rings. The van der Waals surface area contributed by atoms with E-state index in [1.807, 2.05) is 0 Å². The van der Waals surface area contributed by atoms with Crippen molar-refractivity contribution in [3.63, 3.8) is 0 Å². The van der Waals surface area contributed by atoms with Gasteiger partial charge in [-0.1, -0.05) is 12.5 Å². The van der Waals surface area contributed by atoms with Crippen molar-refractivity contribution in [3.05, 3.63) is 42.2 Å². The molecule has 2 N–H and O–H groups in total. The van der Waals surface area contributed by atoms with Crippen molar-refractivity contribution in [1.29, 1.82) is 0 Å². The first-order chi connectivity index (χ1) is 12.4. The second kappa shape index (κ2) is 9.80. The largest absolute Gasteiger partial charge is 0.352 e. The number of rotatable bonds is 9. The van der Waals surface area contributed by atoms with E-state index >= 15 is 0 Å². The SMILES string of the molecule is C=CCNS(=O)(=O)c1cc(C(=O)NCCCN2CCCCC2)ccc1F. The molecule has 144 valence electrons. The van der Waals surface area contributed by atoms with Gasteiger partial charge in [-0.25, -0.2) is 17.5 Å². The first kappa shape index (κ1) is 20.5. The van der Waals surface area contributed by atoms with Gasteiger partial charge in [0.05, 0.1) is 0 Å². The number of amides is 1. The first-order valence-electron chi connectivity index (χ1n) is 8.85. The van der Waals surface area contributed by atoms with E-state index in [0.29, 0.717) is 6.54 Å². The van der Waals surface area contributed by atoms with E-state index in [0.717, 1.165) is 38.2 Å². The molecule has 26 heavy (non-hydrogen) atoms. The number of carbonyl (C=O) groups excluding carboxylic acids is 1. The molecule has 1 heterocycles. The number of nitrogens with one attached hydrogen (secondary N) is 2. The van der Waals surface area contributed by atoms with Crippen LogP contribution >= 0.6 is 0 Å². The van der Waals surface area contributed by atoms with Crippen molar-refractivity contribution in [1.82, 2.24) is 14.9 Å². The van der Waals surface area contributed by atoms with Gasteiger partial charge in [-0.2, -0.15) is 0 Å². The van der Waals surface area contributed by atoms with E-state index < -0.39 is 26.6 Å². The molecule has 0 aromatic heterocycles. The Hall–Kier alpha value is -1.77. The van der Waals surface area contributed by atoms with Crippen LogP contribution in [0.25, 0.3) is 0 Å². The van der Waals surface area contributed by atoms with Gasteiger partial charge in [0.2, 0.25) is 10.0 Å². The summed E-state index contributed by atoms with van der Waals surface area (Å²) in [6, 6.07) is 3.33. The zero-order valence-electron chi connectivity index (χ0n) is 14.8. The molecular weight excluding hydrogens is 357 g/mol. The van der Waals surface area contributed by atoms with Crippen LogP contribution in [0.1, 0.15) is 36.0 Å². The summed E-state index contributed by atoms with van der Waals surface area (Å²) in [6.45, 7) is 7.01. The maximum absolute atomic E-state index is 13.9. The van der Waals surface area contributed by atoms with Crippen LogP contribution in [0.3, 0.4) is 0 Å². The zero-order valence-corrected chi connectivity index (χ0v) is 15.7. The lowest BCUT2D eigenvalue weighted by Crippen LogP contribution is -2.33. The molecular formula is C18H26FN3O3S. The molecule has 1 aromatic carbocycles. The fourth-order valence-corrected chi connectivity index (χ4v) is 3.99. The minimum absolute atomic E-state index is 0.0191. The fraction of sp³-hybridized carbons (Fsp3) is 0.500. The maximum atomic E-state index is 13.9. The molecule has 0 aliphatic carbocycles. The Labute approximate surface area is 154 Å². The summed E-state index contributed by atoms with van der Waals surface area (Å²) in [5, 5.41) is 2.76. The van der Waals surface area contributed by atoms with E-state index in [2.05, 4.69) is 21.5 Å². The predicted octanol–water partition coefficient (Wildman–Crippen LogP) is 1.90. The lowest BCUT2D eigenvalue weighted by molar-refractivity contribution is 0.0951. The number of benzene rings is 1. The Morgan fingerprint density at radius 1 is 1.27 bits per heavy atom. The summed E-state index contributed by atoms with van der Waals surface area (Å²) in [5.41, 5.74) is 0.114. The second-order valence-electron chi connectivity index (χ2n) is 6.30. The van der Waals surface area contributed by atoms with Crippen molar-refractivity contribution in [3.8, 4) is 0 Å². The highest BCUT2D eigenvalue weighted by atomic mass is 32.2.